The maximum Gasteiger partial charge on any atom is 0.254 e. The van der Waals surface area contributed by atoms with Crippen LogP contribution < -0.4 is 10.6 Å². The Morgan fingerprint density at radius 2 is 1.95 bits per heavy atom. The maximum absolute atomic E-state index is 12.4. The SMILES string of the molecule is Nc1cccc(C(=O)N2CCN(c3cnccn3)CC2)c1. The Kier molecular flexibility index (Phi) is 3.68. The summed E-state index contributed by atoms with van der Waals surface area (Å²) in [6, 6.07) is 7.10. The van der Waals surface area contributed by atoms with Crippen molar-refractivity contribution in [2.24, 2.45) is 0 Å². The zero-order valence-corrected chi connectivity index (χ0v) is 11.6. The lowest BCUT2D eigenvalue weighted by Gasteiger charge is -2.35. The minimum Gasteiger partial charge on any atom is -0.399 e. The minimum absolute atomic E-state index is 0.0288. The van der Waals surface area contributed by atoms with Crippen molar-refractivity contribution in [3.63, 3.8) is 0 Å². The molecule has 1 fully saturated rings. The van der Waals surface area contributed by atoms with Crippen LogP contribution >= 0.6 is 0 Å². The van der Waals surface area contributed by atoms with Gasteiger partial charge in [-0.3, -0.25) is 9.78 Å². The Morgan fingerprint density at radius 3 is 2.62 bits per heavy atom. The molecule has 6 nitrogen and oxygen atoms in total. The van der Waals surface area contributed by atoms with Crippen molar-refractivity contribution in [2.75, 3.05) is 36.8 Å². The average molecular weight is 283 g/mol. The lowest BCUT2D eigenvalue weighted by atomic mass is 10.1. The molecule has 0 unspecified atom stereocenters. The summed E-state index contributed by atoms with van der Waals surface area (Å²) in [5.74, 6) is 0.884. The largest absolute Gasteiger partial charge is 0.399 e. The second kappa shape index (κ2) is 5.78. The molecule has 1 aliphatic heterocycles. The van der Waals surface area contributed by atoms with Crippen LogP contribution in [-0.4, -0.2) is 47.0 Å². The van der Waals surface area contributed by atoms with Gasteiger partial charge in [-0.05, 0) is 18.2 Å². The van der Waals surface area contributed by atoms with Crippen LogP contribution in [0.15, 0.2) is 42.9 Å². The number of hydrogen-bond donors (Lipinski definition) is 1. The lowest BCUT2D eigenvalue weighted by molar-refractivity contribution is 0.0746. The summed E-state index contributed by atoms with van der Waals surface area (Å²) in [6.07, 6.45) is 5.08. The number of carbonyl (C=O) groups is 1. The first kappa shape index (κ1) is 13.4. The van der Waals surface area contributed by atoms with Crippen molar-refractivity contribution >= 4 is 17.4 Å². The smallest absolute Gasteiger partial charge is 0.254 e. The fourth-order valence-electron chi connectivity index (χ4n) is 2.45. The van der Waals surface area contributed by atoms with E-state index in [1.807, 2.05) is 4.90 Å². The van der Waals surface area contributed by atoms with Gasteiger partial charge < -0.3 is 15.5 Å². The van der Waals surface area contributed by atoms with Crippen LogP contribution in [0.4, 0.5) is 11.5 Å². The second-order valence-electron chi connectivity index (χ2n) is 4.97. The standard InChI is InChI=1S/C15H17N5O/c16-13-3-1-2-12(10-13)15(21)20-8-6-19(7-9-20)14-11-17-4-5-18-14/h1-5,10-11H,6-9,16H2. The maximum atomic E-state index is 12.4. The van der Waals surface area contributed by atoms with Gasteiger partial charge in [0.25, 0.3) is 5.91 Å². The molecule has 2 heterocycles. The third-order valence-corrected chi connectivity index (χ3v) is 3.57. The Morgan fingerprint density at radius 1 is 1.14 bits per heavy atom. The summed E-state index contributed by atoms with van der Waals surface area (Å²) >= 11 is 0. The van der Waals surface area contributed by atoms with E-state index in [4.69, 9.17) is 5.73 Å². The van der Waals surface area contributed by atoms with Crippen molar-refractivity contribution < 1.29 is 4.79 Å². The third kappa shape index (κ3) is 2.94. The summed E-state index contributed by atoms with van der Waals surface area (Å²) in [7, 11) is 0. The summed E-state index contributed by atoms with van der Waals surface area (Å²) < 4.78 is 0. The van der Waals surface area contributed by atoms with E-state index in [1.165, 1.54) is 0 Å². The minimum atomic E-state index is 0.0288. The highest BCUT2D eigenvalue weighted by Gasteiger charge is 2.22. The highest BCUT2D eigenvalue weighted by Crippen LogP contribution is 2.15. The fourth-order valence-corrected chi connectivity index (χ4v) is 2.45. The fraction of sp³-hybridized carbons (Fsp3) is 0.267. The van der Waals surface area contributed by atoms with Crippen molar-refractivity contribution in [3.8, 4) is 0 Å². The molecular formula is C15H17N5O. The Hall–Kier alpha value is -2.63. The van der Waals surface area contributed by atoms with E-state index in [-0.39, 0.29) is 5.91 Å². The summed E-state index contributed by atoms with van der Waals surface area (Å²) in [4.78, 5) is 24.8. The van der Waals surface area contributed by atoms with E-state index in [0.717, 1.165) is 18.9 Å². The normalized spacial score (nSPS) is 15.0. The number of carbonyl (C=O) groups excluding carboxylic acids is 1. The first-order valence-corrected chi connectivity index (χ1v) is 6.90. The van der Waals surface area contributed by atoms with Gasteiger partial charge in [0.2, 0.25) is 0 Å². The molecule has 2 N–H and O–H groups in total. The number of amides is 1. The quantitative estimate of drug-likeness (QED) is 0.833. The molecule has 0 saturated carbocycles. The molecule has 1 saturated heterocycles. The molecule has 2 aromatic rings. The van der Waals surface area contributed by atoms with E-state index in [0.29, 0.717) is 24.3 Å². The molecule has 0 bridgehead atoms. The van der Waals surface area contributed by atoms with E-state index in [2.05, 4.69) is 14.9 Å². The topological polar surface area (TPSA) is 75.4 Å². The van der Waals surface area contributed by atoms with Gasteiger partial charge in [-0.2, -0.15) is 0 Å². The van der Waals surface area contributed by atoms with E-state index >= 15 is 0 Å². The molecule has 3 rings (SSSR count). The number of anilines is 2. The van der Waals surface area contributed by atoms with E-state index in [1.54, 1.807) is 42.9 Å². The van der Waals surface area contributed by atoms with Crippen LogP contribution in [0.25, 0.3) is 0 Å². The Labute approximate surface area is 123 Å². The Bertz CT molecular complexity index is 623. The molecule has 0 aliphatic carbocycles. The van der Waals surface area contributed by atoms with Crippen molar-refractivity contribution in [1.82, 2.24) is 14.9 Å². The summed E-state index contributed by atoms with van der Waals surface area (Å²) in [5, 5.41) is 0. The number of rotatable bonds is 2. The molecule has 1 aliphatic rings. The second-order valence-corrected chi connectivity index (χ2v) is 4.97. The van der Waals surface area contributed by atoms with Gasteiger partial charge in [0.05, 0.1) is 6.20 Å². The van der Waals surface area contributed by atoms with Gasteiger partial charge in [0.1, 0.15) is 5.82 Å². The zero-order valence-electron chi connectivity index (χ0n) is 11.6. The molecule has 1 aromatic heterocycles. The van der Waals surface area contributed by atoms with Gasteiger partial charge in [-0.25, -0.2) is 4.98 Å². The number of piperazine rings is 1. The molecule has 0 radical (unpaired) electrons. The van der Waals surface area contributed by atoms with Crippen molar-refractivity contribution in [2.45, 2.75) is 0 Å². The van der Waals surface area contributed by atoms with Gasteiger partial charge in [0.15, 0.2) is 0 Å². The molecule has 0 atom stereocenters. The van der Waals surface area contributed by atoms with Crippen LogP contribution in [0.2, 0.25) is 0 Å². The molecular weight excluding hydrogens is 266 g/mol. The van der Waals surface area contributed by atoms with E-state index < -0.39 is 0 Å². The van der Waals surface area contributed by atoms with Gasteiger partial charge in [-0.15, -0.1) is 0 Å². The lowest BCUT2D eigenvalue weighted by Crippen LogP contribution is -2.49. The van der Waals surface area contributed by atoms with Crippen LogP contribution in [0.1, 0.15) is 10.4 Å². The van der Waals surface area contributed by atoms with Gasteiger partial charge in [0, 0.05) is 49.8 Å². The highest BCUT2D eigenvalue weighted by molar-refractivity contribution is 5.95. The molecule has 108 valence electrons. The van der Waals surface area contributed by atoms with Gasteiger partial charge >= 0.3 is 0 Å². The van der Waals surface area contributed by atoms with Crippen molar-refractivity contribution in [1.29, 1.82) is 0 Å². The number of hydrogen-bond acceptors (Lipinski definition) is 5. The number of nitrogens with zero attached hydrogens (tertiary/aromatic N) is 4. The van der Waals surface area contributed by atoms with Crippen molar-refractivity contribution in [3.05, 3.63) is 48.4 Å². The van der Waals surface area contributed by atoms with Gasteiger partial charge in [-0.1, -0.05) is 6.07 Å². The number of nitrogens with two attached hydrogens (primary N) is 1. The third-order valence-electron chi connectivity index (χ3n) is 3.57. The van der Waals surface area contributed by atoms with Crippen LogP contribution in [-0.2, 0) is 0 Å². The Balaban J connectivity index is 1.64. The average Bonchev–Trinajstić information content (AvgIpc) is 2.55. The summed E-state index contributed by atoms with van der Waals surface area (Å²) in [6.45, 7) is 2.86. The number of benzene rings is 1. The monoisotopic (exact) mass is 283 g/mol. The van der Waals surface area contributed by atoms with Crippen LogP contribution in [0.5, 0.6) is 0 Å². The molecule has 21 heavy (non-hydrogen) atoms. The number of aromatic nitrogens is 2. The zero-order chi connectivity index (χ0) is 14.7. The molecule has 1 amide bonds. The first-order valence-electron chi connectivity index (χ1n) is 6.90. The highest BCUT2D eigenvalue weighted by atomic mass is 16.2. The predicted octanol–water partition coefficient (Wildman–Crippen LogP) is 1.02. The molecule has 6 heteroatoms. The first-order chi connectivity index (χ1) is 10.2. The molecule has 0 spiro atoms. The predicted molar refractivity (Wildman–Crippen MR) is 81.0 cm³/mol. The number of nitrogen functional groups attached to an aromatic ring is 1. The van der Waals surface area contributed by atoms with E-state index in [9.17, 15) is 4.79 Å². The van der Waals surface area contributed by atoms with Crippen LogP contribution in [0.3, 0.4) is 0 Å². The van der Waals surface area contributed by atoms with Crippen LogP contribution in [0, 0.1) is 0 Å². The summed E-state index contributed by atoms with van der Waals surface area (Å²) in [5.41, 5.74) is 6.98. The molecule has 1 aromatic carbocycles.